The van der Waals surface area contributed by atoms with Gasteiger partial charge in [0.25, 0.3) is 0 Å². The van der Waals surface area contributed by atoms with Crippen LogP contribution in [0.5, 0.6) is 0 Å². The van der Waals surface area contributed by atoms with Gasteiger partial charge in [-0.05, 0) is 24.3 Å². The Balaban J connectivity index is 1.85. The van der Waals surface area contributed by atoms with Crippen LogP contribution in [0.4, 0.5) is 0 Å². The number of unbranched alkanes of at least 4 members (excludes halogenated alkanes) is 7. The van der Waals surface area contributed by atoms with Crippen molar-refractivity contribution in [1.29, 1.82) is 0 Å². The van der Waals surface area contributed by atoms with Crippen molar-refractivity contribution in [1.82, 2.24) is 0 Å². The smallest absolute Gasteiger partial charge is 0.218 e. The highest BCUT2D eigenvalue weighted by atomic mass is 31.1. The minimum absolute atomic E-state index is 0.0412. The van der Waals surface area contributed by atoms with Gasteiger partial charge in [-0.1, -0.05) is 77.4 Å². The van der Waals surface area contributed by atoms with Crippen LogP contribution in [-0.2, 0) is 0 Å². The first kappa shape index (κ1) is 20.4. The molecule has 0 saturated carbocycles. The zero-order valence-corrected chi connectivity index (χ0v) is 15.6. The summed E-state index contributed by atoms with van der Waals surface area (Å²) in [5, 5.41) is 1.49. The lowest BCUT2D eigenvalue weighted by Crippen LogP contribution is -2.26. The van der Waals surface area contributed by atoms with Crippen molar-refractivity contribution < 1.29 is 0 Å². The lowest BCUT2D eigenvalue weighted by molar-refractivity contribution is 0.579. The molecular weight excluding hydrogens is 317 g/mol. The standard InChI is InChI=1S/C18H32N5P/c19-17(20)23-18(21)22-14-10-5-3-1-2-4-6-11-15-24-16-12-8-7-9-13-16/h7-9,12-13,24H,1-6,10-11,14-15H2,(H6,19,20,21,22,23). The maximum absolute atomic E-state index is 5.54. The summed E-state index contributed by atoms with van der Waals surface area (Å²) in [6.45, 7) is 0.697. The molecule has 0 aliphatic rings. The average Bonchev–Trinajstić information content (AvgIpc) is 2.56. The van der Waals surface area contributed by atoms with Gasteiger partial charge in [-0.25, -0.2) is 0 Å². The van der Waals surface area contributed by atoms with E-state index >= 15 is 0 Å². The predicted octanol–water partition coefficient (Wildman–Crippen LogP) is 2.70. The Labute approximate surface area is 148 Å². The molecule has 0 amide bonds. The molecule has 1 unspecified atom stereocenters. The highest BCUT2D eigenvalue weighted by Gasteiger charge is 1.95. The van der Waals surface area contributed by atoms with E-state index in [1.54, 1.807) is 0 Å². The Hall–Kier alpha value is -1.61. The molecule has 1 rings (SSSR count). The fraction of sp³-hybridized carbons (Fsp3) is 0.556. The van der Waals surface area contributed by atoms with Gasteiger partial charge in [0.2, 0.25) is 5.96 Å². The fourth-order valence-corrected chi connectivity index (χ4v) is 3.59. The molecule has 0 radical (unpaired) electrons. The predicted molar refractivity (Wildman–Crippen MR) is 108 cm³/mol. The van der Waals surface area contributed by atoms with Gasteiger partial charge in [0.05, 0.1) is 0 Å². The second-order valence-corrected chi connectivity index (χ2v) is 7.33. The second-order valence-electron chi connectivity index (χ2n) is 5.90. The molecule has 134 valence electrons. The Morgan fingerprint density at radius 1 is 0.792 bits per heavy atom. The van der Waals surface area contributed by atoms with Crippen LogP contribution < -0.4 is 22.5 Å². The lowest BCUT2D eigenvalue weighted by atomic mass is 10.1. The molecular formula is C18H32N5P. The number of hydrogen-bond donors (Lipinski definition) is 3. The van der Waals surface area contributed by atoms with Crippen LogP contribution in [0.25, 0.3) is 0 Å². The molecule has 0 heterocycles. The summed E-state index contributed by atoms with van der Waals surface area (Å²) in [4.78, 5) is 7.78. The van der Waals surface area contributed by atoms with Crippen molar-refractivity contribution in [2.75, 3.05) is 12.7 Å². The van der Waals surface area contributed by atoms with Crippen LogP contribution in [0.1, 0.15) is 51.4 Å². The van der Waals surface area contributed by atoms with Gasteiger partial charge < -0.3 is 17.2 Å². The maximum Gasteiger partial charge on any atom is 0.218 e. The monoisotopic (exact) mass is 349 g/mol. The van der Waals surface area contributed by atoms with Crippen molar-refractivity contribution in [3.05, 3.63) is 30.3 Å². The van der Waals surface area contributed by atoms with Gasteiger partial charge in [-0.15, -0.1) is 0 Å². The zero-order chi connectivity index (χ0) is 17.5. The molecule has 0 aromatic heterocycles. The molecule has 6 N–H and O–H groups in total. The summed E-state index contributed by atoms with van der Waals surface area (Å²) < 4.78 is 0. The van der Waals surface area contributed by atoms with Crippen molar-refractivity contribution in [3.63, 3.8) is 0 Å². The normalized spacial score (nSPS) is 11.9. The Morgan fingerprint density at radius 2 is 1.38 bits per heavy atom. The topological polar surface area (TPSA) is 103 Å². The number of aliphatic imine (C=N–C) groups is 2. The molecule has 0 aliphatic carbocycles. The first-order chi connectivity index (χ1) is 11.7. The van der Waals surface area contributed by atoms with Crippen LogP contribution >= 0.6 is 8.58 Å². The molecule has 6 heteroatoms. The Bertz CT molecular complexity index is 483. The third kappa shape index (κ3) is 11.9. The molecule has 0 spiro atoms. The van der Waals surface area contributed by atoms with Gasteiger partial charge in [-0.3, -0.25) is 4.99 Å². The van der Waals surface area contributed by atoms with Crippen molar-refractivity contribution in [2.45, 2.75) is 51.4 Å². The summed E-state index contributed by atoms with van der Waals surface area (Å²) in [7, 11) is 0.965. The Morgan fingerprint density at radius 3 is 2.00 bits per heavy atom. The molecule has 1 aromatic carbocycles. The molecule has 5 nitrogen and oxygen atoms in total. The minimum atomic E-state index is -0.0412. The molecule has 24 heavy (non-hydrogen) atoms. The number of benzene rings is 1. The Kier molecular flexibility index (Phi) is 11.7. The molecule has 1 atom stereocenters. The average molecular weight is 349 g/mol. The quantitative estimate of drug-likeness (QED) is 0.234. The van der Waals surface area contributed by atoms with Crippen molar-refractivity contribution in [2.24, 2.45) is 27.2 Å². The van der Waals surface area contributed by atoms with Crippen LogP contribution in [0.15, 0.2) is 40.3 Å². The van der Waals surface area contributed by atoms with E-state index in [1.807, 2.05) is 0 Å². The van der Waals surface area contributed by atoms with E-state index in [1.165, 1.54) is 56.4 Å². The molecule has 0 bridgehead atoms. The van der Waals surface area contributed by atoms with Crippen LogP contribution in [0, 0.1) is 0 Å². The highest BCUT2D eigenvalue weighted by Crippen LogP contribution is 2.15. The molecule has 0 fully saturated rings. The fourth-order valence-electron chi connectivity index (χ4n) is 2.45. The van der Waals surface area contributed by atoms with E-state index in [2.05, 4.69) is 40.3 Å². The van der Waals surface area contributed by atoms with Gasteiger partial charge >= 0.3 is 0 Å². The van der Waals surface area contributed by atoms with Crippen LogP contribution in [-0.4, -0.2) is 24.6 Å². The van der Waals surface area contributed by atoms with Crippen molar-refractivity contribution in [3.8, 4) is 0 Å². The number of nitrogens with two attached hydrogens (primary N) is 3. The number of rotatable bonds is 12. The molecule has 0 saturated heterocycles. The van der Waals surface area contributed by atoms with E-state index < -0.39 is 0 Å². The van der Waals surface area contributed by atoms with Crippen molar-refractivity contribution >= 4 is 25.8 Å². The summed E-state index contributed by atoms with van der Waals surface area (Å²) in [6, 6.07) is 10.8. The van der Waals surface area contributed by atoms with E-state index in [9.17, 15) is 0 Å². The zero-order valence-electron chi connectivity index (χ0n) is 14.6. The number of hydrogen-bond acceptors (Lipinski definition) is 1. The van der Waals surface area contributed by atoms with Gasteiger partial charge in [0.15, 0.2) is 5.96 Å². The van der Waals surface area contributed by atoms with Gasteiger partial charge in [0.1, 0.15) is 0 Å². The first-order valence-electron chi connectivity index (χ1n) is 8.87. The highest BCUT2D eigenvalue weighted by molar-refractivity contribution is 7.47. The maximum atomic E-state index is 5.54. The van der Waals surface area contributed by atoms with Crippen LogP contribution in [0.3, 0.4) is 0 Å². The van der Waals surface area contributed by atoms with Crippen LogP contribution in [0.2, 0.25) is 0 Å². The number of guanidine groups is 2. The largest absolute Gasteiger partial charge is 0.370 e. The van der Waals surface area contributed by atoms with E-state index in [4.69, 9.17) is 17.2 Å². The number of nitrogens with zero attached hydrogens (tertiary/aromatic N) is 2. The molecule has 1 aromatic rings. The third-order valence-corrected chi connectivity index (χ3v) is 5.05. The summed E-state index contributed by atoms with van der Waals surface area (Å²) in [5.41, 5.74) is 16.0. The second kappa shape index (κ2) is 13.8. The summed E-state index contributed by atoms with van der Waals surface area (Å²) >= 11 is 0. The third-order valence-electron chi connectivity index (χ3n) is 3.71. The lowest BCUT2D eigenvalue weighted by Gasteiger charge is -2.03. The summed E-state index contributed by atoms with van der Waals surface area (Å²) in [6.07, 6.45) is 11.6. The van der Waals surface area contributed by atoms with E-state index in [0.29, 0.717) is 6.54 Å². The molecule has 0 aliphatic heterocycles. The summed E-state index contributed by atoms with van der Waals surface area (Å²) in [5.74, 6) is 0.131. The van der Waals surface area contributed by atoms with Gasteiger partial charge in [0, 0.05) is 6.54 Å². The van der Waals surface area contributed by atoms with E-state index in [0.717, 1.165) is 15.0 Å². The van der Waals surface area contributed by atoms with E-state index in [-0.39, 0.29) is 11.9 Å². The van der Waals surface area contributed by atoms with Gasteiger partial charge in [-0.2, -0.15) is 4.99 Å². The first-order valence-corrected chi connectivity index (χ1v) is 10.1. The SMILES string of the molecule is NC(N)=NC(N)=NCCCCCCCCCCPc1ccccc1. The minimum Gasteiger partial charge on any atom is -0.370 e.